The van der Waals surface area contributed by atoms with Crippen LogP contribution in [0.1, 0.15) is 13.8 Å². The molecule has 6 heteroatoms. The Kier molecular flexibility index (Phi) is 2.21. The van der Waals surface area contributed by atoms with Crippen LogP contribution >= 0.6 is 0 Å². The molecule has 0 aromatic carbocycles. The molecule has 84 valence electrons. The Balaban J connectivity index is 2.31. The number of nitrogens with one attached hydrogen (secondary N) is 1. The Bertz CT molecular complexity index is 306. The Hall–Kier alpha value is -1.46. The van der Waals surface area contributed by atoms with E-state index < -0.39 is 0 Å². The molecule has 2 heterocycles. The zero-order chi connectivity index (χ0) is 11.2. The first-order chi connectivity index (χ1) is 7.11. The summed E-state index contributed by atoms with van der Waals surface area (Å²) in [7, 11) is 1.72. The normalized spacial score (nSPS) is 29.9. The minimum atomic E-state index is -0.194. The highest BCUT2D eigenvalue weighted by molar-refractivity contribution is 5.84. The lowest BCUT2D eigenvalue weighted by molar-refractivity contribution is 0.149. The van der Waals surface area contributed by atoms with Gasteiger partial charge in [0.25, 0.3) is 0 Å². The predicted octanol–water partition coefficient (Wildman–Crippen LogP) is 0.0710. The van der Waals surface area contributed by atoms with Crippen molar-refractivity contribution in [1.82, 2.24) is 20.0 Å². The molecule has 2 saturated heterocycles. The summed E-state index contributed by atoms with van der Waals surface area (Å²) in [6, 6.07) is -0.115. The average molecular weight is 212 g/mol. The van der Waals surface area contributed by atoms with Gasteiger partial charge in [-0.25, -0.2) is 9.59 Å². The van der Waals surface area contributed by atoms with Crippen molar-refractivity contribution in [3.63, 3.8) is 0 Å². The van der Waals surface area contributed by atoms with E-state index >= 15 is 0 Å². The van der Waals surface area contributed by atoms with E-state index in [4.69, 9.17) is 0 Å². The molecule has 0 bridgehead atoms. The fraction of sp³-hybridized carbons (Fsp3) is 0.778. The lowest BCUT2D eigenvalue weighted by Gasteiger charge is -2.25. The molecule has 1 N–H and O–H groups in total. The van der Waals surface area contributed by atoms with E-state index in [2.05, 4.69) is 5.32 Å². The number of hydrogen-bond donors (Lipinski definition) is 1. The Labute approximate surface area is 88.8 Å². The molecule has 0 spiro atoms. The summed E-state index contributed by atoms with van der Waals surface area (Å²) in [5.74, 6) is 0. The molecule has 0 aliphatic carbocycles. The molecular formula is C9H16N4O2. The molecule has 0 aromatic rings. The highest BCUT2D eigenvalue weighted by atomic mass is 16.2. The van der Waals surface area contributed by atoms with Crippen molar-refractivity contribution in [1.29, 1.82) is 0 Å². The average Bonchev–Trinajstić information content (AvgIpc) is 2.63. The number of urea groups is 2. The molecule has 2 atom stereocenters. The van der Waals surface area contributed by atoms with Crippen molar-refractivity contribution in [2.24, 2.45) is 0 Å². The maximum absolute atomic E-state index is 11.9. The Morgan fingerprint density at radius 3 is 2.33 bits per heavy atom. The highest BCUT2D eigenvalue weighted by Gasteiger charge is 2.52. The molecule has 0 radical (unpaired) electrons. The van der Waals surface area contributed by atoms with E-state index in [-0.39, 0.29) is 24.4 Å². The van der Waals surface area contributed by atoms with Crippen LogP contribution in [0.3, 0.4) is 0 Å². The van der Waals surface area contributed by atoms with Gasteiger partial charge in [0.15, 0.2) is 0 Å². The Morgan fingerprint density at radius 2 is 1.80 bits per heavy atom. The molecule has 4 amide bonds. The zero-order valence-corrected chi connectivity index (χ0v) is 9.23. The quantitative estimate of drug-likeness (QED) is 0.704. The number of fused-ring (bicyclic) bond motifs is 1. The van der Waals surface area contributed by atoms with Gasteiger partial charge in [0.05, 0.1) is 0 Å². The molecule has 2 rings (SSSR count). The summed E-state index contributed by atoms with van der Waals surface area (Å²) in [6.45, 7) is 5.07. The monoisotopic (exact) mass is 212 g/mol. The van der Waals surface area contributed by atoms with Crippen molar-refractivity contribution < 1.29 is 9.59 Å². The fourth-order valence-corrected chi connectivity index (χ4v) is 2.30. The van der Waals surface area contributed by atoms with Gasteiger partial charge < -0.3 is 20.0 Å². The summed E-state index contributed by atoms with van der Waals surface area (Å²) >= 11 is 0. The smallest absolute Gasteiger partial charge is 0.314 e. The largest absolute Gasteiger partial charge is 0.323 e. The molecule has 2 aliphatic heterocycles. The van der Waals surface area contributed by atoms with Crippen molar-refractivity contribution in [3.8, 4) is 0 Å². The Morgan fingerprint density at radius 1 is 1.20 bits per heavy atom. The molecule has 6 nitrogen and oxygen atoms in total. The standard InChI is InChI=1S/C9H16N4O2/c1-4-12-6-7(11(3)8(14)10-6)13(5-2)9(12)15/h6-7H,4-5H2,1-3H3,(H,10,14). The molecule has 2 unspecified atom stereocenters. The molecule has 2 aliphatic rings. The van der Waals surface area contributed by atoms with E-state index in [0.29, 0.717) is 13.1 Å². The van der Waals surface area contributed by atoms with Crippen LogP contribution in [-0.2, 0) is 0 Å². The van der Waals surface area contributed by atoms with Gasteiger partial charge in [0.1, 0.15) is 12.3 Å². The minimum absolute atomic E-state index is 0.00171. The molecule has 15 heavy (non-hydrogen) atoms. The number of rotatable bonds is 2. The van der Waals surface area contributed by atoms with Crippen LogP contribution in [0.15, 0.2) is 0 Å². The number of likely N-dealkylation sites (N-methyl/N-ethyl adjacent to an activating group) is 3. The fourth-order valence-electron chi connectivity index (χ4n) is 2.30. The van der Waals surface area contributed by atoms with Gasteiger partial charge in [-0.05, 0) is 13.8 Å². The summed E-state index contributed by atoms with van der Waals surface area (Å²) in [5.41, 5.74) is 0. The van der Waals surface area contributed by atoms with E-state index in [0.717, 1.165) is 0 Å². The van der Waals surface area contributed by atoms with E-state index in [9.17, 15) is 9.59 Å². The second-order valence-electron chi connectivity index (χ2n) is 3.77. The third kappa shape index (κ3) is 1.17. The first kappa shape index (κ1) is 10.1. The van der Waals surface area contributed by atoms with Crippen LogP contribution in [0.4, 0.5) is 9.59 Å². The van der Waals surface area contributed by atoms with Gasteiger partial charge in [-0.3, -0.25) is 0 Å². The minimum Gasteiger partial charge on any atom is -0.314 e. The second-order valence-corrected chi connectivity index (χ2v) is 3.77. The molecular weight excluding hydrogens is 196 g/mol. The van der Waals surface area contributed by atoms with Crippen molar-refractivity contribution in [2.75, 3.05) is 20.1 Å². The maximum atomic E-state index is 11.9. The predicted molar refractivity (Wildman–Crippen MR) is 54.0 cm³/mol. The van der Waals surface area contributed by atoms with Gasteiger partial charge in [-0.2, -0.15) is 0 Å². The van der Waals surface area contributed by atoms with E-state index in [1.165, 1.54) is 0 Å². The van der Waals surface area contributed by atoms with E-state index in [1.54, 1.807) is 21.7 Å². The number of carbonyl (C=O) groups excluding carboxylic acids is 2. The highest BCUT2D eigenvalue weighted by Crippen LogP contribution is 2.27. The van der Waals surface area contributed by atoms with Crippen molar-refractivity contribution in [2.45, 2.75) is 26.2 Å². The topological polar surface area (TPSA) is 55.9 Å². The van der Waals surface area contributed by atoms with Crippen LogP contribution in [0.2, 0.25) is 0 Å². The summed E-state index contributed by atoms with van der Waals surface area (Å²) in [4.78, 5) is 28.4. The first-order valence-corrected chi connectivity index (χ1v) is 5.22. The number of amides is 4. The maximum Gasteiger partial charge on any atom is 0.323 e. The molecule has 0 aromatic heterocycles. The lowest BCUT2D eigenvalue weighted by Crippen LogP contribution is -2.44. The van der Waals surface area contributed by atoms with Crippen LogP contribution in [0.25, 0.3) is 0 Å². The number of hydrogen-bond acceptors (Lipinski definition) is 2. The third-order valence-electron chi connectivity index (χ3n) is 3.10. The van der Waals surface area contributed by atoms with Crippen LogP contribution in [0.5, 0.6) is 0 Å². The first-order valence-electron chi connectivity index (χ1n) is 5.22. The summed E-state index contributed by atoms with van der Waals surface area (Å²) in [6.07, 6.45) is -0.352. The van der Waals surface area contributed by atoms with Gasteiger partial charge in [-0.15, -0.1) is 0 Å². The van der Waals surface area contributed by atoms with Crippen molar-refractivity contribution in [3.05, 3.63) is 0 Å². The third-order valence-corrected chi connectivity index (χ3v) is 3.10. The summed E-state index contributed by atoms with van der Waals surface area (Å²) in [5, 5.41) is 2.81. The van der Waals surface area contributed by atoms with Crippen LogP contribution in [0, 0.1) is 0 Å². The second kappa shape index (κ2) is 3.29. The lowest BCUT2D eigenvalue weighted by atomic mass is 10.3. The van der Waals surface area contributed by atoms with Gasteiger partial charge in [0.2, 0.25) is 0 Å². The van der Waals surface area contributed by atoms with Gasteiger partial charge in [0, 0.05) is 20.1 Å². The summed E-state index contributed by atoms with van der Waals surface area (Å²) < 4.78 is 0. The zero-order valence-electron chi connectivity index (χ0n) is 9.23. The van der Waals surface area contributed by atoms with Crippen LogP contribution < -0.4 is 5.32 Å². The van der Waals surface area contributed by atoms with Gasteiger partial charge in [-0.1, -0.05) is 0 Å². The van der Waals surface area contributed by atoms with Gasteiger partial charge >= 0.3 is 12.1 Å². The van der Waals surface area contributed by atoms with Crippen LogP contribution in [-0.4, -0.2) is 59.2 Å². The number of nitrogens with zero attached hydrogens (tertiary/aromatic N) is 3. The van der Waals surface area contributed by atoms with Crippen molar-refractivity contribution >= 4 is 12.1 Å². The SMILES string of the molecule is CCN1C(=O)N(CC)C2C1NC(=O)N2C. The molecule has 0 saturated carbocycles. The van der Waals surface area contributed by atoms with E-state index in [1.807, 2.05) is 13.8 Å². The molecule has 2 fully saturated rings. The number of carbonyl (C=O) groups is 2.